The molecule has 1 aliphatic rings. The zero-order chi connectivity index (χ0) is 19.8. The Morgan fingerprint density at radius 2 is 1.59 bits per heavy atom. The average molecular weight is 380 g/mol. The number of aromatic nitrogens is 1. The monoisotopic (exact) mass is 380 g/mol. The molecule has 4 aromatic rings. The van der Waals surface area contributed by atoms with E-state index in [1.807, 2.05) is 23.1 Å². The summed E-state index contributed by atoms with van der Waals surface area (Å²) in [6.07, 6.45) is 4.50. The van der Waals surface area contributed by atoms with E-state index in [1.165, 1.54) is 28.1 Å². The van der Waals surface area contributed by atoms with Crippen LogP contribution in [0.3, 0.4) is 0 Å². The first kappa shape index (κ1) is 17.4. The topological polar surface area (TPSA) is 53.2 Å². The second-order valence-electron chi connectivity index (χ2n) is 7.33. The SMILES string of the molecule is O=C(c1c[nH]c(=O)c2ccccc12)N1CC=C(c2cccc3ccccc23)CC1. The standard InChI is InChI=1S/C25H20N2O2/c28-24-22-10-4-3-9-21(22)23(16-26-24)25(29)27-14-12-18(13-15-27)20-11-5-7-17-6-1-2-8-19(17)20/h1-12,16H,13-15H2,(H,26,28). The number of nitrogens with one attached hydrogen (secondary N) is 1. The van der Waals surface area contributed by atoms with Crippen LogP contribution in [-0.4, -0.2) is 28.9 Å². The summed E-state index contributed by atoms with van der Waals surface area (Å²) in [6.45, 7) is 1.21. The number of H-pyrrole nitrogens is 1. The van der Waals surface area contributed by atoms with E-state index in [0.29, 0.717) is 29.4 Å². The van der Waals surface area contributed by atoms with Crippen molar-refractivity contribution in [1.29, 1.82) is 0 Å². The molecule has 0 fully saturated rings. The molecule has 3 aromatic carbocycles. The minimum Gasteiger partial charge on any atom is -0.335 e. The zero-order valence-corrected chi connectivity index (χ0v) is 15.9. The molecule has 1 N–H and O–H groups in total. The van der Waals surface area contributed by atoms with E-state index in [9.17, 15) is 9.59 Å². The third kappa shape index (κ3) is 3.03. The van der Waals surface area contributed by atoms with Crippen LogP contribution in [0.1, 0.15) is 22.3 Å². The van der Waals surface area contributed by atoms with Crippen molar-refractivity contribution >= 4 is 33.0 Å². The molecular weight excluding hydrogens is 360 g/mol. The Kier molecular flexibility index (Phi) is 4.24. The number of aromatic amines is 1. The fourth-order valence-corrected chi connectivity index (χ4v) is 4.16. The molecule has 142 valence electrons. The molecule has 0 saturated heterocycles. The van der Waals surface area contributed by atoms with Gasteiger partial charge in [-0.15, -0.1) is 0 Å². The van der Waals surface area contributed by atoms with Gasteiger partial charge in [0, 0.05) is 30.1 Å². The molecule has 2 heterocycles. The van der Waals surface area contributed by atoms with Gasteiger partial charge in [-0.25, -0.2) is 0 Å². The van der Waals surface area contributed by atoms with Gasteiger partial charge in [-0.3, -0.25) is 9.59 Å². The molecule has 1 aliphatic heterocycles. The zero-order valence-electron chi connectivity index (χ0n) is 15.9. The Balaban J connectivity index is 1.46. The van der Waals surface area contributed by atoms with Gasteiger partial charge in [0.05, 0.1) is 5.56 Å². The van der Waals surface area contributed by atoms with Gasteiger partial charge in [0.25, 0.3) is 11.5 Å². The van der Waals surface area contributed by atoms with E-state index in [4.69, 9.17) is 0 Å². The molecule has 0 spiro atoms. The molecule has 0 atom stereocenters. The molecule has 0 radical (unpaired) electrons. The van der Waals surface area contributed by atoms with Crippen LogP contribution in [-0.2, 0) is 0 Å². The molecule has 4 nitrogen and oxygen atoms in total. The third-order valence-corrected chi connectivity index (χ3v) is 5.67. The lowest BCUT2D eigenvalue weighted by Gasteiger charge is -2.27. The van der Waals surface area contributed by atoms with Crippen LogP contribution >= 0.6 is 0 Å². The van der Waals surface area contributed by atoms with Crippen molar-refractivity contribution in [3.63, 3.8) is 0 Å². The smallest absolute Gasteiger partial charge is 0.256 e. The lowest BCUT2D eigenvalue weighted by molar-refractivity contribution is 0.0774. The van der Waals surface area contributed by atoms with Crippen molar-refractivity contribution in [2.75, 3.05) is 13.1 Å². The Bertz CT molecular complexity index is 1330. The summed E-state index contributed by atoms with van der Waals surface area (Å²) in [7, 11) is 0. The maximum absolute atomic E-state index is 13.2. The van der Waals surface area contributed by atoms with Gasteiger partial charge in [-0.2, -0.15) is 0 Å². The molecule has 4 heteroatoms. The van der Waals surface area contributed by atoms with Crippen LogP contribution in [0, 0.1) is 0 Å². The van der Waals surface area contributed by atoms with Crippen molar-refractivity contribution < 1.29 is 4.79 Å². The molecule has 0 saturated carbocycles. The summed E-state index contributed by atoms with van der Waals surface area (Å²) >= 11 is 0. The van der Waals surface area contributed by atoms with Gasteiger partial charge >= 0.3 is 0 Å². The lowest BCUT2D eigenvalue weighted by atomic mass is 9.94. The highest BCUT2D eigenvalue weighted by Crippen LogP contribution is 2.30. The number of hydrogen-bond donors (Lipinski definition) is 1. The first-order valence-corrected chi connectivity index (χ1v) is 9.79. The predicted molar refractivity (Wildman–Crippen MR) is 117 cm³/mol. The lowest BCUT2D eigenvalue weighted by Crippen LogP contribution is -2.35. The number of fused-ring (bicyclic) bond motifs is 2. The van der Waals surface area contributed by atoms with Gasteiger partial charge in [-0.05, 0) is 34.4 Å². The minimum absolute atomic E-state index is 0.0503. The van der Waals surface area contributed by atoms with Gasteiger partial charge in [0.1, 0.15) is 0 Å². The van der Waals surface area contributed by atoms with E-state index in [-0.39, 0.29) is 11.5 Å². The van der Waals surface area contributed by atoms with Crippen molar-refractivity contribution in [1.82, 2.24) is 9.88 Å². The van der Waals surface area contributed by atoms with Crippen molar-refractivity contribution in [2.24, 2.45) is 0 Å². The van der Waals surface area contributed by atoms with Crippen LogP contribution in [0.2, 0.25) is 0 Å². The highest BCUT2D eigenvalue weighted by molar-refractivity contribution is 6.06. The maximum atomic E-state index is 13.2. The first-order valence-electron chi connectivity index (χ1n) is 9.79. The fourth-order valence-electron chi connectivity index (χ4n) is 4.16. The highest BCUT2D eigenvalue weighted by Gasteiger charge is 2.22. The molecule has 29 heavy (non-hydrogen) atoms. The third-order valence-electron chi connectivity index (χ3n) is 5.67. The number of benzene rings is 3. The number of nitrogens with zero attached hydrogens (tertiary/aromatic N) is 1. The van der Waals surface area contributed by atoms with Gasteiger partial charge in [0.2, 0.25) is 0 Å². The van der Waals surface area contributed by atoms with E-state index in [1.54, 1.807) is 6.07 Å². The van der Waals surface area contributed by atoms with Gasteiger partial charge < -0.3 is 9.88 Å². The number of pyridine rings is 1. The maximum Gasteiger partial charge on any atom is 0.256 e. The second-order valence-corrected chi connectivity index (χ2v) is 7.33. The van der Waals surface area contributed by atoms with Crippen molar-refractivity contribution in [3.8, 4) is 0 Å². The summed E-state index contributed by atoms with van der Waals surface area (Å²) in [5.41, 5.74) is 2.89. The number of amides is 1. The van der Waals surface area contributed by atoms with Crippen LogP contribution in [0.5, 0.6) is 0 Å². The quantitative estimate of drug-likeness (QED) is 0.552. The van der Waals surface area contributed by atoms with E-state index in [2.05, 4.69) is 53.5 Å². The summed E-state index contributed by atoms with van der Waals surface area (Å²) in [5.74, 6) is -0.0503. The minimum atomic E-state index is -0.172. The first-order chi connectivity index (χ1) is 14.2. The fraction of sp³-hybridized carbons (Fsp3) is 0.120. The summed E-state index contributed by atoms with van der Waals surface area (Å²) in [5, 5.41) is 3.71. The second kappa shape index (κ2) is 7.06. The van der Waals surface area contributed by atoms with E-state index < -0.39 is 0 Å². The highest BCUT2D eigenvalue weighted by atomic mass is 16.2. The predicted octanol–water partition coefficient (Wildman–Crippen LogP) is 4.61. The molecule has 5 rings (SSSR count). The summed E-state index contributed by atoms with van der Waals surface area (Å²) in [4.78, 5) is 29.7. The van der Waals surface area contributed by atoms with Crippen LogP contribution in [0.15, 0.2) is 83.8 Å². The molecule has 0 unspecified atom stereocenters. The van der Waals surface area contributed by atoms with Crippen molar-refractivity contribution in [3.05, 3.63) is 100 Å². The Morgan fingerprint density at radius 1 is 0.862 bits per heavy atom. The molecule has 0 aliphatic carbocycles. The molecule has 0 bridgehead atoms. The van der Waals surface area contributed by atoms with Crippen molar-refractivity contribution in [2.45, 2.75) is 6.42 Å². The molecular formula is C25H20N2O2. The molecule has 1 amide bonds. The van der Waals surface area contributed by atoms with Crippen LogP contribution < -0.4 is 5.56 Å². The number of carbonyl (C=O) groups is 1. The van der Waals surface area contributed by atoms with E-state index in [0.717, 1.165) is 6.42 Å². The summed E-state index contributed by atoms with van der Waals surface area (Å²) in [6, 6.07) is 22.0. The Morgan fingerprint density at radius 3 is 2.38 bits per heavy atom. The summed E-state index contributed by atoms with van der Waals surface area (Å²) < 4.78 is 0. The Hall–Kier alpha value is -3.66. The van der Waals surface area contributed by atoms with E-state index >= 15 is 0 Å². The van der Waals surface area contributed by atoms with Crippen LogP contribution in [0.4, 0.5) is 0 Å². The largest absolute Gasteiger partial charge is 0.335 e. The normalized spacial score (nSPS) is 14.2. The van der Waals surface area contributed by atoms with Gasteiger partial charge in [0.15, 0.2) is 0 Å². The van der Waals surface area contributed by atoms with Gasteiger partial charge in [-0.1, -0.05) is 66.7 Å². The number of carbonyl (C=O) groups excluding carboxylic acids is 1. The van der Waals surface area contributed by atoms with Crippen LogP contribution in [0.25, 0.3) is 27.1 Å². The number of rotatable bonds is 2. The Labute approximate surface area is 168 Å². The number of hydrogen-bond acceptors (Lipinski definition) is 2. The average Bonchev–Trinajstić information content (AvgIpc) is 2.79. The molecule has 1 aromatic heterocycles.